The summed E-state index contributed by atoms with van der Waals surface area (Å²) in [5.74, 6) is 0. The van der Waals surface area contributed by atoms with Crippen molar-refractivity contribution in [2.45, 2.75) is 6.54 Å². The van der Waals surface area contributed by atoms with Crippen molar-refractivity contribution in [3.8, 4) is 6.07 Å². The molecule has 0 aliphatic rings. The minimum Gasteiger partial charge on any atom is -0.380 e. The Morgan fingerprint density at radius 2 is 2.38 bits per heavy atom. The minimum atomic E-state index is 0.478. The van der Waals surface area contributed by atoms with Gasteiger partial charge in [-0.25, -0.2) is 0 Å². The third-order valence-electron chi connectivity index (χ3n) is 2.04. The van der Waals surface area contributed by atoms with Crippen molar-refractivity contribution < 1.29 is 0 Å². The van der Waals surface area contributed by atoms with Crippen molar-refractivity contribution in [2.75, 3.05) is 5.32 Å². The average molecular weight is 250 g/mol. The zero-order chi connectivity index (χ0) is 11.4. The molecule has 16 heavy (non-hydrogen) atoms. The molecular formula is C11H8ClN3S. The number of thiazole rings is 1. The highest BCUT2D eigenvalue weighted by Gasteiger charge is 2.01. The first-order chi connectivity index (χ1) is 7.79. The van der Waals surface area contributed by atoms with Gasteiger partial charge < -0.3 is 5.32 Å². The Morgan fingerprint density at radius 1 is 1.50 bits per heavy atom. The molecule has 0 amide bonds. The van der Waals surface area contributed by atoms with Crippen LogP contribution in [0.4, 0.5) is 5.69 Å². The van der Waals surface area contributed by atoms with E-state index in [1.165, 1.54) is 0 Å². The van der Waals surface area contributed by atoms with Crippen LogP contribution in [0.5, 0.6) is 0 Å². The highest BCUT2D eigenvalue weighted by atomic mass is 35.5. The van der Waals surface area contributed by atoms with E-state index in [9.17, 15) is 0 Å². The van der Waals surface area contributed by atoms with Gasteiger partial charge in [-0.1, -0.05) is 11.6 Å². The second-order valence-corrected chi connectivity index (χ2v) is 4.51. The molecular weight excluding hydrogens is 242 g/mol. The van der Waals surface area contributed by atoms with Gasteiger partial charge in [0.05, 0.1) is 22.6 Å². The number of nitrogens with one attached hydrogen (secondary N) is 1. The molecule has 2 aromatic rings. The Labute approximate surface area is 102 Å². The molecule has 5 heteroatoms. The summed E-state index contributed by atoms with van der Waals surface area (Å²) in [6.07, 6.45) is 1.82. The number of benzene rings is 1. The van der Waals surface area contributed by atoms with E-state index >= 15 is 0 Å². The molecule has 0 aliphatic heterocycles. The van der Waals surface area contributed by atoms with Crippen molar-refractivity contribution in [1.82, 2.24) is 4.98 Å². The average Bonchev–Trinajstić information content (AvgIpc) is 2.81. The van der Waals surface area contributed by atoms with Crippen LogP contribution < -0.4 is 5.32 Å². The van der Waals surface area contributed by atoms with Crippen LogP contribution in [-0.4, -0.2) is 4.98 Å². The number of aromatic nitrogens is 1. The van der Waals surface area contributed by atoms with E-state index in [4.69, 9.17) is 16.9 Å². The molecule has 1 heterocycles. The first-order valence-electron chi connectivity index (χ1n) is 4.60. The molecule has 0 spiro atoms. The SMILES string of the molecule is N#Cc1cc(NCc2cncs2)ccc1Cl. The Kier molecular flexibility index (Phi) is 3.40. The monoisotopic (exact) mass is 249 g/mol. The maximum atomic E-state index is 8.82. The highest BCUT2D eigenvalue weighted by Crippen LogP contribution is 2.20. The molecule has 0 unspecified atom stereocenters. The molecule has 2 rings (SSSR count). The van der Waals surface area contributed by atoms with E-state index < -0.39 is 0 Å². The van der Waals surface area contributed by atoms with Gasteiger partial charge >= 0.3 is 0 Å². The molecule has 0 bridgehead atoms. The summed E-state index contributed by atoms with van der Waals surface area (Å²) in [6, 6.07) is 7.36. The lowest BCUT2D eigenvalue weighted by Gasteiger charge is -2.05. The number of rotatable bonds is 3. The molecule has 80 valence electrons. The normalized spacial score (nSPS) is 9.75. The Bertz CT molecular complexity index is 517. The van der Waals surface area contributed by atoms with E-state index in [1.54, 1.807) is 29.0 Å². The minimum absolute atomic E-state index is 0.478. The van der Waals surface area contributed by atoms with Crippen LogP contribution in [0.2, 0.25) is 5.02 Å². The Hall–Kier alpha value is -1.57. The van der Waals surface area contributed by atoms with E-state index in [2.05, 4.69) is 10.3 Å². The second kappa shape index (κ2) is 4.97. The third-order valence-corrected chi connectivity index (χ3v) is 3.15. The Morgan fingerprint density at radius 3 is 3.06 bits per heavy atom. The van der Waals surface area contributed by atoms with Gasteiger partial charge in [0.2, 0.25) is 0 Å². The number of hydrogen-bond acceptors (Lipinski definition) is 4. The lowest BCUT2D eigenvalue weighted by molar-refractivity contribution is 1.17. The second-order valence-electron chi connectivity index (χ2n) is 3.13. The Balaban J connectivity index is 2.08. The van der Waals surface area contributed by atoms with Crippen LogP contribution in [0, 0.1) is 11.3 Å². The summed E-state index contributed by atoms with van der Waals surface area (Å²) < 4.78 is 0. The van der Waals surface area contributed by atoms with Gasteiger partial charge in [0.15, 0.2) is 0 Å². The fourth-order valence-electron chi connectivity index (χ4n) is 1.24. The van der Waals surface area contributed by atoms with E-state index in [0.717, 1.165) is 10.6 Å². The van der Waals surface area contributed by atoms with Gasteiger partial charge in [0.1, 0.15) is 6.07 Å². The molecule has 0 atom stereocenters. The summed E-state index contributed by atoms with van der Waals surface area (Å²) in [6.45, 7) is 0.706. The number of nitriles is 1. The van der Waals surface area contributed by atoms with Crippen molar-refractivity contribution in [1.29, 1.82) is 5.26 Å². The zero-order valence-electron chi connectivity index (χ0n) is 8.27. The van der Waals surface area contributed by atoms with Crippen LogP contribution in [0.3, 0.4) is 0 Å². The number of anilines is 1. The maximum Gasteiger partial charge on any atom is 0.101 e. The summed E-state index contributed by atoms with van der Waals surface area (Å²) >= 11 is 7.43. The van der Waals surface area contributed by atoms with Gasteiger partial charge in [0.25, 0.3) is 0 Å². The van der Waals surface area contributed by atoms with Gasteiger partial charge in [-0.2, -0.15) is 5.26 Å². The molecule has 1 aromatic heterocycles. The molecule has 0 saturated heterocycles. The predicted molar refractivity (Wildman–Crippen MR) is 65.6 cm³/mol. The lowest BCUT2D eigenvalue weighted by atomic mass is 10.2. The van der Waals surface area contributed by atoms with Crippen LogP contribution in [0.15, 0.2) is 29.9 Å². The highest BCUT2D eigenvalue weighted by molar-refractivity contribution is 7.09. The van der Waals surface area contributed by atoms with Gasteiger partial charge in [-0.3, -0.25) is 4.98 Å². The topological polar surface area (TPSA) is 48.7 Å². The van der Waals surface area contributed by atoms with Gasteiger partial charge in [0, 0.05) is 16.8 Å². The van der Waals surface area contributed by atoms with Crippen LogP contribution in [-0.2, 0) is 6.54 Å². The third kappa shape index (κ3) is 2.51. The van der Waals surface area contributed by atoms with E-state index in [0.29, 0.717) is 17.1 Å². The van der Waals surface area contributed by atoms with Crippen molar-refractivity contribution in [3.05, 3.63) is 45.4 Å². The van der Waals surface area contributed by atoms with Crippen molar-refractivity contribution in [2.24, 2.45) is 0 Å². The molecule has 1 N–H and O–H groups in total. The summed E-state index contributed by atoms with van der Waals surface area (Å²) in [4.78, 5) is 5.13. The van der Waals surface area contributed by atoms with Crippen LogP contribution >= 0.6 is 22.9 Å². The molecule has 1 aromatic carbocycles. The smallest absolute Gasteiger partial charge is 0.101 e. The fraction of sp³-hybridized carbons (Fsp3) is 0.0909. The summed E-state index contributed by atoms with van der Waals surface area (Å²) in [5.41, 5.74) is 3.16. The maximum absolute atomic E-state index is 8.82. The quantitative estimate of drug-likeness (QED) is 0.908. The van der Waals surface area contributed by atoms with E-state index in [-0.39, 0.29) is 0 Å². The number of hydrogen-bond donors (Lipinski definition) is 1. The van der Waals surface area contributed by atoms with Gasteiger partial charge in [-0.05, 0) is 18.2 Å². The summed E-state index contributed by atoms with van der Waals surface area (Å²) in [7, 11) is 0. The molecule has 0 fully saturated rings. The first-order valence-corrected chi connectivity index (χ1v) is 5.86. The van der Waals surface area contributed by atoms with Crippen LogP contribution in [0.25, 0.3) is 0 Å². The summed E-state index contributed by atoms with van der Waals surface area (Å²) in [5, 5.41) is 12.5. The molecule has 0 aliphatic carbocycles. The van der Waals surface area contributed by atoms with Crippen molar-refractivity contribution >= 4 is 28.6 Å². The number of halogens is 1. The van der Waals surface area contributed by atoms with Crippen molar-refractivity contribution in [3.63, 3.8) is 0 Å². The number of nitrogens with zero attached hydrogens (tertiary/aromatic N) is 2. The molecule has 0 saturated carbocycles. The molecule has 3 nitrogen and oxygen atoms in total. The first kappa shape index (κ1) is 10.9. The van der Waals surface area contributed by atoms with Gasteiger partial charge in [-0.15, -0.1) is 11.3 Å². The van der Waals surface area contributed by atoms with Crippen LogP contribution in [0.1, 0.15) is 10.4 Å². The lowest BCUT2D eigenvalue weighted by Crippen LogP contribution is -1.97. The fourth-order valence-corrected chi connectivity index (χ4v) is 1.93. The standard InChI is InChI=1S/C11H8ClN3S/c12-11-2-1-9(3-8(11)4-13)15-6-10-5-14-7-16-10/h1-3,5,7,15H,6H2. The predicted octanol–water partition coefficient (Wildman–Crippen LogP) is 3.28. The zero-order valence-corrected chi connectivity index (χ0v) is 9.85. The largest absolute Gasteiger partial charge is 0.380 e. The molecule has 0 radical (unpaired) electrons. The van der Waals surface area contributed by atoms with E-state index in [1.807, 2.05) is 18.3 Å².